The maximum absolute atomic E-state index is 13.0. The van der Waals surface area contributed by atoms with Crippen LogP contribution in [-0.2, 0) is 65.4 Å². The second-order valence-electron chi connectivity index (χ2n) is 26.1. The molecule has 5 atom stereocenters. The molecule has 0 aliphatic rings. The van der Waals surface area contributed by atoms with E-state index in [1.54, 1.807) is 0 Å². The minimum atomic E-state index is -4.95. The molecule has 0 radical (unpaired) electrons. The van der Waals surface area contributed by atoms with Crippen LogP contribution in [0.25, 0.3) is 0 Å². The van der Waals surface area contributed by atoms with E-state index in [0.29, 0.717) is 31.6 Å². The lowest BCUT2D eigenvalue weighted by atomic mass is 10.0. The highest BCUT2D eigenvalue weighted by Crippen LogP contribution is 2.45. The third-order valence-electron chi connectivity index (χ3n) is 16.5. The summed E-state index contributed by atoms with van der Waals surface area (Å²) < 4.78 is 68.2. The number of rotatable bonds is 71. The zero-order valence-corrected chi connectivity index (χ0v) is 60.1. The number of phosphoric ester groups is 2. The average Bonchev–Trinajstić information content (AvgIpc) is 2.93. The summed E-state index contributed by atoms with van der Waals surface area (Å²) in [6.45, 7) is 7.14. The summed E-state index contributed by atoms with van der Waals surface area (Å²) >= 11 is 0. The van der Waals surface area contributed by atoms with Crippen LogP contribution in [0.4, 0.5) is 0 Å². The number of hydrogen-bond donors (Lipinski definition) is 3. The van der Waals surface area contributed by atoms with Gasteiger partial charge in [0.2, 0.25) is 0 Å². The molecule has 0 aromatic carbocycles. The van der Waals surface area contributed by atoms with Crippen molar-refractivity contribution in [3.05, 3.63) is 0 Å². The van der Waals surface area contributed by atoms with Gasteiger partial charge < -0.3 is 33.8 Å². The Kier molecular flexibility index (Phi) is 63.0. The van der Waals surface area contributed by atoms with E-state index in [-0.39, 0.29) is 25.7 Å². The van der Waals surface area contributed by atoms with Crippen LogP contribution in [0.3, 0.4) is 0 Å². The number of hydrogen-bond acceptors (Lipinski definition) is 15. The fourth-order valence-corrected chi connectivity index (χ4v) is 12.4. The highest BCUT2D eigenvalue weighted by Gasteiger charge is 2.30. The lowest BCUT2D eigenvalue weighted by Crippen LogP contribution is -2.30. The van der Waals surface area contributed by atoms with Crippen molar-refractivity contribution < 1.29 is 80.2 Å². The highest BCUT2D eigenvalue weighted by atomic mass is 31.2. The smallest absolute Gasteiger partial charge is 0.462 e. The van der Waals surface area contributed by atoms with Gasteiger partial charge in [-0.1, -0.05) is 317 Å². The number of ether oxygens (including phenoxy) is 4. The molecule has 0 heterocycles. The Morgan fingerprint density at radius 2 is 0.511 bits per heavy atom. The maximum Gasteiger partial charge on any atom is 0.472 e. The molecule has 0 bridgehead atoms. The summed E-state index contributed by atoms with van der Waals surface area (Å²) in [6, 6.07) is 0. The number of carbonyl (C=O) groups excluding carboxylic acids is 4. The maximum atomic E-state index is 13.0. The molecule has 19 heteroatoms. The zero-order chi connectivity index (χ0) is 66.3. The topological polar surface area (TPSA) is 237 Å². The Morgan fingerprint density at radius 3 is 0.756 bits per heavy atom. The molecule has 0 fully saturated rings. The van der Waals surface area contributed by atoms with Crippen LogP contribution in [0.1, 0.15) is 369 Å². The van der Waals surface area contributed by atoms with E-state index in [1.807, 2.05) is 0 Å². The average molecular weight is 1330 g/mol. The first-order valence-electron chi connectivity index (χ1n) is 37.1. The van der Waals surface area contributed by atoms with Gasteiger partial charge in [-0.05, 0) is 31.6 Å². The molecule has 534 valence electrons. The van der Waals surface area contributed by atoms with Crippen LogP contribution in [0.15, 0.2) is 0 Å². The van der Waals surface area contributed by atoms with Crippen molar-refractivity contribution in [2.75, 3.05) is 39.6 Å². The van der Waals surface area contributed by atoms with Crippen molar-refractivity contribution in [3.8, 4) is 0 Å². The van der Waals surface area contributed by atoms with Gasteiger partial charge in [0.05, 0.1) is 26.4 Å². The molecule has 0 aliphatic carbocycles. The quantitative estimate of drug-likeness (QED) is 0.0222. The third kappa shape index (κ3) is 64.8. The molecule has 3 N–H and O–H groups in total. The number of carbonyl (C=O) groups is 4. The minimum Gasteiger partial charge on any atom is -0.462 e. The molecule has 0 rings (SSSR count). The number of unbranched alkanes of at least 4 members (excludes halogenated alkanes) is 43. The molecule has 0 aromatic rings. The SMILES string of the molecule is CCCCCCCCCCCCCCCCCCCCCCCC(=O)O[C@H](COC(=O)CCCCCCCCCCCC)COP(=O)(O)OC[C@@H](O)COP(=O)(O)OC[C@@H](COC(=O)CCCCCCCCC(C)C)OC(=O)CCCCCCCCCCCC. The van der Waals surface area contributed by atoms with Crippen molar-refractivity contribution in [2.24, 2.45) is 5.92 Å². The Morgan fingerprint density at radius 1 is 0.300 bits per heavy atom. The van der Waals surface area contributed by atoms with E-state index in [9.17, 15) is 43.2 Å². The second-order valence-corrected chi connectivity index (χ2v) is 29.0. The standard InChI is InChI=1S/C71H138O17P2/c1-6-9-12-15-18-21-24-25-26-27-28-29-30-31-32-33-34-37-40-47-52-57-71(76)87-66(60-81-68(73)54-49-44-38-35-22-19-16-13-10-7-2)62-85-89(77,78)83-58-65(72)59-84-90(79,80)86-63-67(61-82-69(74)55-50-45-42-41-43-48-53-64(4)5)88-70(75)56-51-46-39-36-23-20-17-14-11-8-3/h64-67,72H,6-63H2,1-5H3,(H,77,78)(H,79,80)/t65-,66-,67-/m1/s1. The summed E-state index contributed by atoms with van der Waals surface area (Å²) in [7, 11) is -9.89. The normalized spacial score (nSPS) is 14.1. The largest absolute Gasteiger partial charge is 0.472 e. The van der Waals surface area contributed by atoms with Crippen LogP contribution >= 0.6 is 15.6 Å². The molecule has 0 amide bonds. The minimum absolute atomic E-state index is 0.106. The molecule has 2 unspecified atom stereocenters. The van der Waals surface area contributed by atoms with Gasteiger partial charge in [0, 0.05) is 25.7 Å². The van der Waals surface area contributed by atoms with Crippen LogP contribution in [-0.4, -0.2) is 96.7 Å². The van der Waals surface area contributed by atoms with Crippen LogP contribution in [0, 0.1) is 5.92 Å². The van der Waals surface area contributed by atoms with E-state index in [4.69, 9.17) is 37.0 Å². The Labute approximate surface area is 549 Å². The Balaban J connectivity index is 5.13. The van der Waals surface area contributed by atoms with Gasteiger partial charge in [0.1, 0.15) is 19.3 Å². The predicted octanol–water partition coefficient (Wildman–Crippen LogP) is 20.5. The summed E-state index contributed by atoms with van der Waals surface area (Å²) in [5.74, 6) is -1.45. The second kappa shape index (κ2) is 64.4. The Bertz CT molecular complexity index is 1740. The number of aliphatic hydroxyl groups excluding tert-OH is 1. The van der Waals surface area contributed by atoms with Gasteiger partial charge >= 0.3 is 39.5 Å². The first-order valence-corrected chi connectivity index (χ1v) is 40.1. The number of phosphoric acid groups is 2. The first kappa shape index (κ1) is 88.1. The molecule has 90 heavy (non-hydrogen) atoms. The first-order chi connectivity index (χ1) is 43.5. The molecule has 0 saturated carbocycles. The van der Waals surface area contributed by atoms with Crippen LogP contribution in [0.5, 0.6) is 0 Å². The zero-order valence-electron chi connectivity index (χ0n) is 58.3. The molecule has 0 spiro atoms. The predicted molar refractivity (Wildman–Crippen MR) is 363 cm³/mol. The summed E-state index contributed by atoms with van der Waals surface area (Å²) in [5, 5.41) is 10.6. The van der Waals surface area contributed by atoms with Crippen molar-refractivity contribution in [1.82, 2.24) is 0 Å². The van der Waals surface area contributed by atoms with Gasteiger partial charge in [-0.15, -0.1) is 0 Å². The van der Waals surface area contributed by atoms with Gasteiger partial charge in [0.25, 0.3) is 0 Å². The summed E-state index contributed by atoms with van der Waals surface area (Å²) in [4.78, 5) is 72.4. The fraction of sp³-hybridized carbons (Fsp3) is 0.944. The van der Waals surface area contributed by atoms with Gasteiger partial charge in [0.15, 0.2) is 12.2 Å². The Hall–Kier alpha value is -1.94. The van der Waals surface area contributed by atoms with Crippen molar-refractivity contribution in [2.45, 2.75) is 387 Å². The lowest BCUT2D eigenvalue weighted by molar-refractivity contribution is -0.161. The number of aliphatic hydroxyl groups is 1. The van der Waals surface area contributed by atoms with Gasteiger partial charge in [-0.2, -0.15) is 0 Å². The fourth-order valence-electron chi connectivity index (χ4n) is 10.8. The molecular weight excluding hydrogens is 1190 g/mol. The van der Waals surface area contributed by atoms with Crippen molar-refractivity contribution in [1.29, 1.82) is 0 Å². The highest BCUT2D eigenvalue weighted by molar-refractivity contribution is 7.47. The molecule has 17 nitrogen and oxygen atoms in total. The summed E-state index contributed by atoms with van der Waals surface area (Å²) in [5.41, 5.74) is 0. The van der Waals surface area contributed by atoms with Gasteiger partial charge in [-0.25, -0.2) is 9.13 Å². The molecule has 0 aliphatic heterocycles. The molecular formula is C71H138O17P2. The molecule has 0 saturated heterocycles. The number of esters is 4. The lowest BCUT2D eigenvalue weighted by Gasteiger charge is -2.21. The van der Waals surface area contributed by atoms with Crippen LogP contribution in [0.2, 0.25) is 0 Å². The van der Waals surface area contributed by atoms with Gasteiger partial charge in [-0.3, -0.25) is 37.3 Å². The van der Waals surface area contributed by atoms with Crippen molar-refractivity contribution in [3.63, 3.8) is 0 Å². The molecule has 0 aromatic heterocycles. The van der Waals surface area contributed by atoms with E-state index >= 15 is 0 Å². The van der Waals surface area contributed by atoms with E-state index < -0.39 is 97.5 Å². The van der Waals surface area contributed by atoms with Crippen molar-refractivity contribution >= 4 is 39.5 Å². The third-order valence-corrected chi connectivity index (χ3v) is 18.4. The van der Waals surface area contributed by atoms with E-state index in [1.165, 1.54) is 186 Å². The van der Waals surface area contributed by atoms with Crippen LogP contribution < -0.4 is 0 Å². The van der Waals surface area contributed by atoms with E-state index in [2.05, 4.69) is 34.6 Å². The monoisotopic (exact) mass is 1320 g/mol. The summed E-state index contributed by atoms with van der Waals surface area (Å²) in [6.07, 6.45) is 51.6. The van der Waals surface area contributed by atoms with E-state index in [0.717, 1.165) is 96.3 Å².